The Labute approximate surface area is 87.4 Å². The van der Waals surface area contributed by atoms with Gasteiger partial charge in [-0.05, 0) is 12.1 Å². The molecule has 78 valence electrons. The van der Waals surface area contributed by atoms with E-state index in [1.165, 1.54) is 0 Å². The molecule has 1 aromatic carbocycles. The fourth-order valence-corrected chi connectivity index (χ4v) is 1.63. The maximum absolute atomic E-state index is 11.3. The van der Waals surface area contributed by atoms with Crippen molar-refractivity contribution in [2.75, 3.05) is 6.61 Å². The molecule has 2 rings (SSSR count). The Hall–Kier alpha value is -1.97. The van der Waals surface area contributed by atoms with E-state index in [1.807, 2.05) is 30.3 Å². The van der Waals surface area contributed by atoms with Crippen molar-refractivity contribution < 1.29 is 14.6 Å². The second-order valence-electron chi connectivity index (χ2n) is 3.29. The van der Waals surface area contributed by atoms with Gasteiger partial charge in [0.1, 0.15) is 12.6 Å². The lowest BCUT2D eigenvalue weighted by Crippen LogP contribution is -2.26. The minimum atomic E-state index is -0.559. The van der Waals surface area contributed by atoms with Crippen LogP contribution in [0.3, 0.4) is 0 Å². The molecule has 0 aromatic heterocycles. The third-order valence-electron chi connectivity index (χ3n) is 2.34. The zero-order valence-electron chi connectivity index (χ0n) is 8.09. The molecule has 1 aliphatic rings. The molecule has 1 fully saturated rings. The lowest BCUT2D eigenvalue weighted by atomic mass is 10.1. The molecule has 0 unspecified atom stereocenters. The summed E-state index contributed by atoms with van der Waals surface area (Å²) in [4.78, 5) is 12.4. The highest BCUT2D eigenvalue weighted by Gasteiger charge is 2.35. The first-order chi connectivity index (χ1) is 7.20. The Bertz CT molecular complexity index is 388. The molecule has 0 aliphatic carbocycles. The van der Waals surface area contributed by atoms with Crippen molar-refractivity contribution in [3.63, 3.8) is 0 Å². The maximum atomic E-state index is 11.3. The number of hydrogen-bond donors (Lipinski definition) is 1. The van der Waals surface area contributed by atoms with E-state index in [-0.39, 0.29) is 18.5 Å². The van der Waals surface area contributed by atoms with Gasteiger partial charge in [0, 0.05) is 0 Å². The summed E-state index contributed by atoms with van der Waals surface area (Å²) in [7, 11) is 0. The molecule has 4 heteroatoms. The number of rotatable bonds is 2. The smallest absolute Gasteiger partial charge is 0.417 e. The van der Waals surface area contributed by atoms with Gasteiger partial charge in [-0.2, -0.15) is 0 Å². The highest BCUT2D eigenvalue weighted by atomic mass is 16.6. The third kappa shape index (κ3) is 1.66. The SMILES string of the molecule is C=C(O)N1C(=O)OC[C@@H]1c1ccccc1. The molecule has 4 nitrogen and oxygen atoms in total. The summed E-state index contributed by atoms with van der Waals surface area (Å²) in [5.41, 5.74) is 0.915. The van der Waals surface area contributed by atoms with E-state index in [1.54, 1.807) is 0 Å². The summed E-state index contributed by atoms with van der Waals surface area (Å²) in [5.74, 6) is -0.286. The summed E-state index contributed by atoms with van der Waals surface area (Å²) in [5, 5.41) is 9.28. The van der Waals surface area contributed by atoms with E-state index in [4.69, 9.17) is 4.74 Å². The van der Waals surface area contributed by atoms with Gasteiger partial charge in [-0.1, -0.05) is 30.3 Å². The van der Waals surface area contributed by atoms with Crippen LogP contribution in [0, 0.1) is 0 Å². The molecular weight excluding hydrogens is 194 g/mol. The number of cyclic esters (lactones) is 1. The number of aliphatic hydroxyl groups is 1. The zero-order valence-corrected chi connectivity index (χ0v) is 8.09. The fourth-order valence-electron chi connectivity index (χ4n) is 1.63. The second-order valence-corrected chi connectivity index (χ2v) is 3.29. The van der Waals surface area contributed by atoms with Crippen LogP contribution in [0.5, 0.6) is 0 Å². The van der Waals surface area contributed by atoms with Gasteiger partial charge in [0.25, 0.3) is 0 Å². The van der Waals surface area contributed by atoms with Gasteiger partial charge in [-0.25, -0.2) is 9.69 Å². The average molecular weight is 205 g/mol. The number of ether oxygens (including phenoxy) is 1. The van der Waals surface area contributed by atoms with Crippen molar-refractivity contribution in [1.29, 1.82) is 0 Å². The van der Waals surface area contributed by atoms with E-state index in [0.717, 1.165) is 10.5 Å². The molecule has 0 bridgehead atoms. The maximum Gasteiger partial charge on any atom is 0.417 e. The molecule has 1 saturated heterocycles. The summed E-state index contributed by atoms with van der Waals surface area (Å²) < 4.78 is 4.86. The Morgan fingerprint density at radius 2 is 2.13 bits per heavy atom. The predicted molar refractivity (Wildman–Crippen MR) is 54.1 cm³/mol. The second kappa shape index (κ2) is 3.65. The molecule has 1 aliphatic heterocycles. The van der Waals surface area contributed by atoms with Crippen LogP contribution in [-0.2, 0) is 4.74 Å². The zero-order chi connectivity index (χ0) is 10.8. The lowest BCUT2D eigenvalue weighted by Gasteiger charge is -2.19. The summed E-state index contributed by atoms with van der Waals surface area (Å²) in [6.07, 6.45) is -0.559. The quantitative estimate of drug-likeness (QED) is 0.753. The molecule has 0 saturated carbocycles. The van der Waals surface area contributed by atoms with Gasteiger partial charge in [0.15, 0.2) is 5.88 Å². The van der Waals surface area contributed by atoms with Crippen molar-refractivity contribution in [2.45, 2.75) is 6.04 Å². The fraction of sp³-hybridized carbons (Fsp3) is 0.182. The highest BCUT2D eigenvalue weighted by molar-refractivity contribution is 5.72. The number of carbonyl (C=O) groups is 1. The van der Waals surface area contributed by atoms with Crippen molar-refractivity contribution in [1.82, 2.24) is 4.90 Å². The van der Waals surface area contributed by atoms with Crippen molar-refractivity contribution in [2.24, 2.45) is 0 Å². The van der Waals surface area contributed by atoms with E-state index >= 15 is 0 Å². The molecule has 1 N–H and O–H groups in total. The Kier molecular flexibility index (Phi) is 2.33. The number of benzene rings is 1. The van der Waals surface area contributed by atoms with Gasteiger partial charge in [0.2, 0.25) is 0 Å². The van der Waals surface area contributed by atoms with Crippen LogP contribution in [0.4, 0.5) is 4.79 Å². The van der Waals surface area contributed by atoms with Crippen molar-refractivity contribution in [3.8, 4) is 0 Å². The van der Waals surface area contributed by atoms with E-state index < -0.39 is 6.09 Å². The third-order valence-corrected chi connectivity index (χ3v) is 2.34. The van der Waals surface area contributed by atoms with Gasteiger partial charge < -0.3 is 9.84 Å². The Morgan fingerprint density at radius 1 is 1.47 bits per heavy atom. The first-order valence-corrected chi connectivity index (χ1v) is 4.59. The van der Waals surface area contributed by atoms with Gasteiger partial charge in [0.05, 0.1) is 0 Å². The number of amides is 1. The molecule has 0 radical (unpaired) electrons. The molecule has 1 aromatic rings. The Morgan fingerprint density at radius 3 is 2.73 bits per heavy atom. The van der Waals surface area contributed by atoms with Crippen LogP contribution in [0.1, 0.15) is 11.6 Å². The highest BCUT2D eigenvalue weighted by Crippen LogP contribution is 2.29. The normalized spacial score (nSPS) is 20.1. The van der Waals surface area contributed by atoms with E-state index in [9.17, 15) is 9.90 Å². The molecule has 15 heavy (non-hydrogen) atoms. The topological polar surface area (TPSA) is 49.8 Å². The van der Waals surface area contributed by atoms with Gasteiger partial charge in [-0.3, -0.25) is 0 Å². The molecule has 1 heterocycles. The van der Waals surface area contributed by atoms with Crippen LogP contribution < -0.4 is 0 Å². The van der Waals surface area contributed by atoms with Crippen LogP contribution in [0.25, 0.3) is 0 Å². The van der Waals surface area contributed by atoms with Crippen molar-refractivity contribution in [3.05, 3.63) is 48.4 Å². The molecule has 0 spiro atoms. The lowest BCUT2D eigenvalue weighted by molar-refractivity contribution is 0.150. The largest absolute Gasteiger partial charge is 0.495 e. The number of carbonyl (C=O) groups excluding carboxylic acids is 1. The first kappa shape index (κ1) is 9.58. The van der Waals surface area contributed by atoms with Crippen LogP contribution in [0.2, 0.25) is 0 Å². The van der Waals surface area contributed by atoms with Crippen LogP contribution in [0.15, 0.2) is 42.8 Å². The molecular formula is C11H11NO3. The molecule has 1 amide bonds. The monoisotopic (exact) mass is 205 g/mol. The van der Waals surface area contributed by atoms with Gasteiger partial charge in [-0.15, -0.1) is 0 Å². The Balaban J connectivity index is 2.30. The summed E-state index contributed by atoms with van der Waals surface area (Å²) in [6.45, 7) is 3.58. The minimum absolute atomic E-state index is 0.239. The first-order valence-electron chi connectivity index (χ1n) is 4.59. The number of hydrogen-bond acceptors (Lipinski definition) is 3. The predicted octanol–water partition coefficient (Wildman–Crippen LogP) is 2.21. The number of nitrogens with zero attached hydrogens (tertiary/aromatic N) is 1. The molecule has 1 atom stereocenters. The minimum Gasteiger partial charge on any atom is -0.495 e. The van der Waals surface area contributed by atoms with Gasteiger partial charge >= 0.3 is 6.09 Å². The average Bonchev–Trinajstić information content (AvgIpc) is 2.61. The van der Waals surface area contributed by atoms with E-state index in [2.05, 4.69) is 6.58 Å². The van der Waals surface area contributed by atoms with Crippen LogP contribution in [-0.4, -0.2) is 22.7 Å². The number of aliphatic hydroxyl groups excluding tert-OH is 1. The summed E-state index contributed by atoms with van der Waals surface area (Å²) in [6, 6.07) is 9.10. The standard InChI is InChI=1S/C11H11NO3/c1-8(13)12-10(7-15-11(12)14)9-5-3-2-4-6-9/h2-6,10,13H,1,7H2/t10-/m1/s1. The van der Waals surface area contributed by atoms with Crippen LogP contribution >= 0.6 is 0 Å². The van der Waals surface area contributed by atoms with E-state index in [0.29, 0.717) is 0 Å². The summed E-state index contributed by atoms with van der Waals surface area (Å²) >= 11 is 0. The van der Waals surface area contributed by atoms with Crippen molar-refractivity contribution >= 4 is 6.09 Å².